The van der Waals surface area contributed by atoms with Gasteiger partial charge < -0.3 is 0 Å². The molecule has 0 saturated carbocycles. The van der Waals surface area contributed by atoms with E-state index in [4.69, 9.17) is 9.97 Å². The van der Waals surface area contributed by atoms with Gasteiger partial charge in [0.1, 0.15) is 6.33 Å². The van der Waals surface area contributed by atoms with Crippen LogP contribution in [0.4, 0.5) is 0 Å². The maximum absolute atomic E-state index is 4.91. The van der Waals surface area contributed by atoms with Crippen molar-refractivity contribution < 1.29 is 0 Å². The summed E-state index contributed by atoms with van der Waals surface area (Å²) in [6, 6.07) is 26.5. The minimum absolute atomic E-state index is 0.0235. The maximum Gasteiger partial charge on any atom is 0.116 e. The summed E-state index contributed by atoms with van der Waals surface area (Å²) in [5.41, 5.74) is 8.30. The van der Waals surface area contributed by atoms with Crippen LogP contribution in [0, 0.1) is 0 Å². The van der Waals surface area contributed by atoms with E-state index in [0.29, 0.717) is 0 Å². The molecular weight excluding hydrogens is 400 g/mol. The third kappa shape index (κ3) is 2.87. The van der Waals surface area contributed by atoms with Crippen LogP contribution in [0.1, 0.15) is 51.4 Å². The molecule has 0 bridgehead atoms. The van der Waals surface area contributed by atoms with Crippen molar-refractivity contribution in [1.82, 2.24) is 9.97 Å². The molecule has 0 radical (unpaired) electrons. The molecule has 6 rings (SSSR count). The van der Waals surface area contributed by atoms with Crippen molar-refractivity contribution in [3.8, 4) is 22.4 Å². The first-order valence-corrected chi connectivity index (χ1v) is 11.7. The van der Waals surface area contributed by atoms with Gasteiger partial charge in [0.05, 0.1) is 11.4 Å². The Labute approximate surface area is 195 Å². The van der Waals surface area contributed by atoms with Gasteiger partial charge in [-0.05, 0) is 55.8 Å². The van der Waals surface area contributed by atoms with Crippen LogP contribution in [0.5, 0.6) is 0 Å². The van der Waals surface area contributed by atoms with Gasteiger partial charge in [-0.15, -0.1) is 0 Å². The summed E-state index contributed by atoms with van der Waals surface area (Å²) in [6.45, 7) is 11.4. The number of rotatable bonds is 1. The lowest BCUT2D eigenvalue weighted by molar-refractivity contribution is 0.596. The predicted molar refractivity (Wildman–Crippen MR) is 139 cm³/mol. The Hall–Kier alpha value is -3.52. The normalized spacial score (nSPS) is 14.5. The molecule has 5 aromatic rings. The van der Waals surface area contributed by atoms with Crippen LogP contribution in [0.2, 0.25) is 0 Å². The number of fused-ring (bicyclic) bond motifs is 6. The molecule has 0 unspecified atom stereocenters. The second-order valence-electron chi connectivity index (χ2n) is 10.8. The third-order valence-corrected chi connectivity index (χ3v) is 7.23. The van der Waals surface area contributed by atoms with Crippen LogP contribution in [0.15, 0.2) is 79.1 Å². The topological polar surface area (TPSA) is 25.8 Å². The summed E-state index contributed by atoms with van der Waals surface area (Å²) in [4.78, 5) is 9.75. The highest BCUT2D eigenvalue weighted by molar-refractivity contribution is 6.06. The molecule has 1 heterocycles. The molecule has 2 nitrogen and oxygen atoms in total. The predicted octanol–water partition coefficient (Wildman–Crippen LogP) is 8.05. The van der Waals surface area contributed by atoms with Crippen LogP contribution in [0.25, 0.3) is 43.9 Å². The second-order valence-corrected chi connectivity index (χ2v) is 10.8. The summed E-state index contributed by atoms with van der Waals surface area (Å²) in [5.74, 6) is 0. The third-order valence-electron chi connectivity index (χ3n) is 7.23. The molecule has 0 amide bonds. The van der Waals surface area contributed by atoms with Gasteiger partial charge in [-0.1, -0.05) is 95.3 Å². The van der Waals surface area contributed by atoms with Crippen molar-refractivity contribution in [1.29, 1.82) is 0 Å². The van der Waals surface area contributed by atoms with E-state index >= 15 is 0 Å². The molecule has 0 spiro atoms. The minimum atomic E-state index is -0.171. The van der Waals surface area contributed by atoms with Crippen molar-refractivity contribution >= 4 is 21.5 Å². The van der Waals surface area contributed by atoms with Crippen LogP contribution >= 0.6 is 0 Å². The summed E-state index contributed by atoms with van der Waals surface area (Å²) in [5, 5.41) is 5.09. The Morgan fingerprint density at radius 2 is 1.39 bits per heavy atom. The average Bonchev–Trinajstić information content (AvgIpc) is 3.05. The lowest BCUT2D eigenvalue weighted by atomic mass is 9.82. The Morgan fingerprint density at radius 1 is 0.697 bits per heavy atom. The molecule has 0 fully saturated rings. The van der Waals surface area contributed by atoms with E-state index in [1.165, 1.54) is 43.8 Å². The van der Waals surface area contributed by atoms with Crippen molar-refractivity contribution in [2.45, 2.75) is 45.4 Å². The Kier molecular flexibility index (Phi) is 4.11. The molecular formula is C31H28N2. The maximum atomic E-state index is 4.91. The molecule has 0 atom stereocenters. The average molecular weight is 429 g/mol. The molecule has 162 valence electrons. The zero-order valence-electron chi connectivity index (χ0n) is 19.9. The number of nitrogens with zero attached hydrogens (tertiary/aromatic N) is 2. The van der Waals surface area contributed by atoms with Gasteiger partial charge >= 0.3 is 0 Å². The van der Waals surface area contributed by atoms with Gasteiger partial charge in [-0.2, -0.15) is 0 Å². The Bertz CT molecular complexity index is 1570. The van der Waals surface area contributed by atoms with Crippen LogP contribution in [-0.2, 0) is 10.8 Å². The molecule has 0 aliphatic heterocycles. The zero-order chi connectivity index (χ0) is 23.0. The van der Waals surface area contributed by atoms with Gasteiger partial charge in [0.25, 0.3) is 0 Å². The smallest absolute Gasteiger partial charge is 0.116 e. The number of benzene rings is 4. The summed E-state index contributed by atoms with van der Waals surface area (Å²) >= 11 is 0. The summed E-state index contributed by atoms with van der Waals surface area (Å²) in [7, 11) is 0. The Balaban J connectivity index is 1.73. The number of hydrogen-bond donors (Lipinski definition) is 0. The Morgan fingerprint density at radius 3 is 2.15 bits per heavy atom. The fraction of sp³-hybridized carbons (Fsp3) is 0.226. The first kappa shape index (κ1) is 20.1. The quantitative estimate of drug-likeness (QED) is 0.270. The van der Waals surface area contributed by atoms with E-state index < -0.39 is 0 Å². The van der Waals surface area contributed by atoms with E-state index in [2.05, 4.69) is 107 Å². The van der Waals surface area contributed by atoms with Gasteiger partial charge in [0, 0.05) is 16.5 Å². The molecule has 33 heavy (non-hydrogen) atoms. The monoisotopic (exact) mass is 428 g/mol. The SMILES string of the molecule is CC(C)(C)c1cc(-c2ncnc3c2-c2c(ccc4ccccc24)C3(C)C)cc2ccccc12. The molecule has 0 N–H and O–H groups in total. The van der Waals surface area contributed by atoms with E-state index in [-0.39, 0.29) is 10.8 Å². The fourth-order valence-electron chi connectivity index (χ4n) is 5.57. The van der Waals surface area contributed by atoms with Crippen molar-refractivity contribution in [2.24, 2.45) is 0 Å². The number of hydrogen-bond acceptors (Lipinski definition) is 2. The van der Waals surface area contributed by atoms with Gasteiger partial charge in [0.2, 0.25) is 0 Å². The van der Waals surface area contributed by atoms with Crippen LogP contribution in [0.3, 0.4) is 0 Å². The van der Waals surface area contributed by atoms with Crippen molar-refractivity contribution in [2.75, 3.05) is 0 Å². The molecule has 2 heteroatoms. The van der Waals surface area contributed by atoms with Gasteiger partial charge in [-0.25, -0.2) is 9.97 Å². The zero-order valence-corrected chi connectivity index (χ0v) is 19.9. The first-order chi connectivity index (χ1) is 15.8. The largest absolute Gasteiger partial charge is 0.240 e. The highest BCUT2D eigenvalue weighted by atomic mass is 14.9. The number of aromatic nitrogens is 2. The summed E-state index contributed by atoms with van der Waals surface area (Å²) < 4.78 is 0. The second kappa shape index (κ2) is 6.74. The summed E-state index contributed by atoms with van der Waals surface area (Å²) in [6.07, 6.45) is 1.75. The van der Waals surface area contributed by atoms with Gasteiger partial charge in [-0.3, -0.25) is 0 Å². The molecule has 1 aromatic heterocycles. The molecule has 1 aliphatic carbocycles. The molecule has 4 aromatic carbocycles. The van der Waals surface area contributed by atoms with Gasteiger partial charge in [0.15, 0.2) is 0 Å². The van der Waals surface area contributed by atoms with Crippen molar-refractivity contribution in [3.05, 3.63) is 95.9 Å². The van der Waals surface area contributed by atoms with Crippen LogP contribution in [-0.4, -0.2) is 9.97 Å². The highest BCUT2D eigenvalue weighted by Gasteiger charge is 2.40. The standard InChI is InChI=1S/C31H28N2/c1-30(2,3)25-17-21(16-20-11-7-8-12-22(20)25)28-27-26-23-13-9-6-10-19(23)14-15-24(26)31(4,5)29(27)33-18-32-28/h6-18H,1-5H3. The van der Waals surface area contributed by atoms with E-state index in [0.717, 1.165) is 17.0 Å². The van der Waals surface area contributed by atoms with E-state index in [1.807, 2.05) is 0 Å². The van der Waals surface area contributed by atoms with Crippen LogP contribution < -0.4 is 0 Å². The van der Waals surface area contributed by atoms with E-state index in [1.54, 1.807) is 6.33 Å². The van der Waals surface area contributed by atoms with E-state index in [9.17, 15) is 0 Å². The fourth-order valence-corrected chi connectivity index (χ4v) is 5.57. The highest BCUT2D eigenvalue weighted by Crippen LogP contribution is 2.53. The lowest BCUT2D eigenvalue weighted by Gasteiger charge is -2.23. The first-order valence-electron chi connectivity index (χ1n) is 11.7. The van der Waals surface area contributed by atoms with Crippen molar-refractivity contribution in [3.63, 3.8) is 0 Å². The molecule has 0 saturated heterocycles. The minimum Gasteiger partial charge on any atom is -0.240 e. The lowest BCUT2D eigenvalue weighted by Crippen LogP contribution is -2.17. The molecule has 1 aliphatic rings.